The first-order valence-corrected chi connectivity index (χ1v) is 15.6. The summed E-state index contributed by atoms with van der Waals surface area (Å²) in [5.74, 6) is 0.735. The Labute approximate surface area is 272 Å². The maximum absolute atomic E-state index is 12.8. The van der Waals surface area contributed by atoms with Crippen LogP contribution in [-0.4, -0.2) is 62.4 Å². The van der Waals surface area contributed by atoms with Crippen molar-refractivity contribution in [2.24, 2.45) is 4.99 Å². The Bertz CT molecular complexity index is 1540. The number of halogens is 1. The summed E-state index contributed by atoms with van der Waals surface area (Å²) in [6.45, 7) is 9.49. The number of ether oxygens (including phenoxy) is 2. The van der Waals surface area contributed by atoms with Crippen LogP contribution in [0.25, 0.3) is 10.9 Å². The maximum Gasteiger partial charge on any atom is 0.248 e. The molecule has 0 saturated carbocycles. The molecular weight excluding hydrogens is 588 g/mol. The quantitative estimate of drug-likeness (QED) is 0.0987. The van der Waals surface area contributed by atoms with Gasteiger partial charge in [-0.2, -0.15) is 5.26 Å². The van der Waals surface area contributed by atoms with Gasteiger partial charge in [-0.1, -0.05) is 37.6 Å². The number of nitrogens with one attached hydrogen (secondary N) is 2. The second-order valence-corrected chi connectivity index (χ2v) is 10.3. The number of nitrogens with zero attached hydrogens (tertiary/aromatic N) is 4. The number of benzene rings is 2. The fourth-order valence-corrected chi connectivity index (χ4v) is 4.47. The van der Waals surface area contributed by atoms with Crippen LogP contribution >= 0.6 is 11.6 Å². The summed E-state index contributed by atoms with van der Waals surface area (Å²) in [5.41, 5.74) is 3.37. The molecule has 0 aliphatic carbocycles. The molecule has 1 amide bonds. The standard InChI is InChI=1S/C33H39ClN6O3.C2H6/c1-6-12-25(36-3)22-43-30-15-14-24(17-27(30)34)38-33-23(20-35)21-37-28-19-31(42-7-2)29(18-26(28)33)39-32(41)13-10-8-9-11-16-40(4)5;1-2/h6,10,12-15,17-19,21H,7-9,11,16,22H2,1-5H3,(H,37,38)(H,39,41);1-2H3/b12-6-,13-10+,36-25?;. The van der Waals surface area contributed by atoms with Crippen molar-refractivity contribution in [3.63, 3.8) is 0 Å². The highest BCUT2D eigenvalue weighted by molar-refractivity contribution is 6.32. The first-order valence-electron chi connectivity index (χ1n) is 15.2. The van der Waals surface area contributed by atoms with Crippen molar-refractivity contribution in [1.82, 2.24) is 9.88 Å². The van der Waals surface area contributed by atoms with Crippen molar-refractivity contribution in [1.29, 1.82) is 5.26 Å². The van der Waals surface area contributed by atoms with Crippen molar-refractivity contribution in [3.05, 3.63) is 71.4 Å². The Morgan fingerprint density at radius 1 is 1.13 bits per heavy atom. The van der Waals surface area contributed by atoms with Crippen LogP contribution < -0.4 is 20.1 Å². The Morgan fingerprint density at radius 3 is 2.56 bits per heavy atom. The zero-order chi connectivity index (χ0) is 33.2. The van der Waals surface area contributed by atoms with Crippen molar-refractivity contribution in [2.45, 2.75) is 47.0 Å². The number of aromatic nitrogens is 1. The summed E-state index contributed by atoms with van der Waals surface area (Å²) in [7, 11) is 5.80. The van der Waals surface area contributed by atoms with Crippen molar-refractivity contribution >= 4 is 51.2 Å². The molecule has 2 N–H and O–H groups in total. The van der Waals surface area contributed by atoms with E-state index in [4.69, 9.17) is 21.1 Å². The number of hydrogen-bond donors (Lipinski definition) is 2. The Kier molecular flexibility index (Phi) is 16.2. The van der Waals surface area contributed by atoms with E-state index in [9.17, 15) is 10.1 Å². The molecular formula is C35H45ClN6O3. The molecule has 45 heavy (non-hydrogen) atoms. The minimum absolute atomic E-state index is 0.264. The summed E-state index contributed by atoms with van der Waals surface area (Å²) in [5, 5.41) is 17.2. The molecule has 1 aromatic heterocycles. The molecule has 3 aromatic rings. The van der Waals surface area contributed by atoms with Crippen LogP contribution in [0.1, 0.15) is 52.5 Å². The van der Waals surface area contributed by atoms with E-state index in [0.717, 1.165) is 31.5 Å². The molecule has 0 unspecified atom stereocenters. The third-order valence-corrected chi connectivity index (χ3v) is 6.66. The van der Waals surface area contributed by atoms with Gasteiger partial charge in [0.05, 0.1) is 39.8 Å². The molecule has 3 rings (SSSR count). The van der Waals surface area contributed by atoms with Crippen LogP contribution in [0.2, 0.25) is 5.02 Å². The van der Waals surface area contributed by atoms with Crippen LogP contribution in [0, 0.1) is 11.3 Å². The summed E-state index contributed by atoms with van der Waals surface area (Å²) in [4.78, 5) is 23.6. The lowest BCUT2D eigenvalue weighted by molar-refractivity contribution is -0.111. The van der Waals surface area contributed by atoms with E-state index < -0.39 is 0 Å². The molecule has 10 heteroatoms. The predicted molar refractivity (Wildman–Crippen MR) is 188 cm³/mol. The van der Waals surface area contributed by atoms with Crippen molar-refractivity contribution in [2.75, 3.05) is 51.5 Å². The van der Waals surface area contributed by atoms with Gasteiger partial charge in [-0.3, -0.25) is 14.8 Å². The molecule has 0 radical (unpaired) electrons. The fourth-order valence-electron chi connectivity index (χ4n) is 4.24. The van der Waals surface area contributed by atoms with Gasteiger partial charge in [0.2, 0.25) is 5.91 Å². The first kappa shape index (κ1) is 36.8. The van der Waals surface area contributed by atoms with Crippen LogP contribution in [0.5, 0.6) is 11.5 Å². The van der Waals surface area contributed by atoms with Gasteiger partial charge in [0, 0.05) is 30.4 Å². The third kappa shape index (κ3) is 11.6. The van der Waals surface area contributed by atoms with Crippen LogP contribution in [0.3, 0.4) is 0 Å². The Balaban J connectivity index is 0.00000345. The highest BCUT2D eigenvalue weighted by atomic mass is 35.5. The molecule has 9 nitrogen and oxygen atoms in total. The number of rotatable bonds is 15. The number of allylic oxidation sites excluding steroid dienone is 2. The second kappa shape index (κ2) is 19.8. The summed E-state index contributed by atoms with van der Waals surface area (Å²) < 4.78 is 11.7. The molecule has 0 spiro atoms. The molecule has 0 fully saturated rings. The average molecular weight is 633 g/mol. The van der Waals surface area contributed by atoms with E-state index in [1.165, 1.54) is 12.3 Å². The number of carbonyl (C=O) groups excluding carboxylic acids is 1. The smallest absolute Gasteiger partial charge is 0.248 e. The molecule has 1 heterocycles. The number of anilines is 3. The minimum Gasteiger partial charge on any atom is -0.492 e. The van der Waals surface area contributed by atoms with E-state index in [1.807, 2.05) is 66.1 Å². The zero-order valence-corrected chi connectivity index (χ0v) is 28.2. The van der Waals surface area contributed by atoms with Gasteiger partial charge in [-0.05, 0) is 90.2 Å². The number of pyridine rings is 1. The summed E-state index contributed by atoms with van der Waals surface area (Å²) in [6.07, 6.45) is 11.6. The lowest BCUT2D eigenvalue weighted by Crippen LogP contribution is -2.12. The number of unbranched alkanes of at least 4 members (excludes halogenated alkanes) is 2. The summed E-state index contributed by atoms with van der Waals surface area (Å²) >= 11 is 6.54. The molecule has 0 saturated heterocycles. The van der Waals surface area contributed by atoms with Crippen LogP contribution in [0.15, 0.2) is 65.8 Å². The highest BCUT2D eigenvalue weighted by Crippen LogP contribution is 2.37. The zero-order valence-electron chi connectivity index (χ0n) is 27.4. The lowest BCUT2D eigenvalue weighted by Gasteiger charge is -2.16. The van der Waals surface area contributed by atoms with Crippen LogP contribution in [-0.2, 0) is 4.79 Å². The molecule has 240 valence electrons. The highest BCUT2D eigenvalue weighted by Gasteiger charge is 2.16. The number of carbonyl (C=O) groups is 1. The third-order valence-electron chi connectivity index (χ3n) is 6.37. The number of nitriles is 1. The van der Waals surface area contributed by atoms with Gasteiger partial charge in [0.1, 0.15) is 24.2 Å². The lowest BCUT2D eigenvalue weighted by atomic mass is 10.1. The number of fused-ring (bicyclic) bond motifs is 1. The van der Waals surface area contributed by atoms with Gasteiger partial charge >= 0.3 is 0 Å². The van der Waals surface area contributed by atoms with E-state index in [2.05, 4.69) is 31.6 Å². The topological polar surface area (TPSA) is 112 Å². The van der Waals surface area contributed by atoms with E-state index in [0.29, 0.717) is 56.7 Å². The van der Waals surface area contributed by atoms with E-state index >= 15 is 0 Å². The Morgan fingerprint density at radius 2 is 1.91 bits per heavy atom. The maximum atomic E-state index is 12.8. The van der Waals surface area contributed by atoms with Gasteiger partial charge < -0.3 is 25.0 Å². The van der Waals surface area contributed by atoms with Crippen molar-refractivity contribution < 1.29 is 14.3 Å². The normalized spacial score (nSPS) is 11.4. The molecule has 0 atom stereocenters. The fraction of sp³-hybridized carbons (Fsp3) is 0.371. The van der Waals surface area contributed by atoms with E-state index in [-0.39, 0.29) is 12.5 Å². The molecule has 0 aliphatic heterocycles. The predicted octanol–water partition coefficient (Wildman–Crippen LogP) is 8.18. The molecule has 0 aliphatic rings. The molecule has 2 aromatic carbocycles. The largest absolute Gasteiger partial charge is 0.492 e. The average Bonchev–Trinajstić information content (AvgIpc) is 3.03. The van der Waals surface area contributed by atoms with Gasteiger partial charge in [-0.15, -0.1) is 0 Å². The number of amides is 1. The number of aliphatic imine (C=N–C) groups is 1. The SMILES string of the molecule is C/C=C\C(COc1ccc(Nc2c(C#N)cnc3cc(OCC)c(NC(=O)/C=C/CCCCN(C)C)cc23)cc1Cl)=NC.CC. The van der Waals surface area contributed by atoms with Gasteiger partial charge in [0.15, 0.2) is 0 Å². The second-order valence-electron chi connectivity index (χ2n) is 9.92. The monoisotopic (exact) mass is 632 g/mol. The number of hydrogen-bond acceptors (Lipinski definition) is 8. The van der Waals surface area contributed by atoms with Crippen LogP contribution in [0.4, 0.5) is 17.1 Å². The van der Waals surface area contributed by atoms with Gasteiger partial charge in [-0.25, -0.2) is 0 Å². The minimum atomic E-state index is -0.264. The van der Waals surface area contributed by atoms with E-state index in [1.54, 1.807) is 31.3 Å². The summed E-state index contributed by atoms with van der Waals surface area (Å²) in [6, 6.07) is 11.0. The Hall–Kier alpha value is -4.39. The van der Waals surface area contributed by atoms with Gasteiger partial charge in [0.25, 0.3) is 0 Å². The first-order chi connectivity index (χ1) is 21.8. The van der Waals surface area contributed by atoms with Crippen molar-refractivity contribution in [3.8, 4) is 17.6 Å². The molecule has 0 bridgehead atoms.